The van der Waals surface area contributed by atoms with Gasteiger partial charge in [-0.15, -0.1) is 0 Å². The van der Waals surface area contributed by atoms with Gasteiger partial charge in [0, 0.05) is 5.56 Å². The molecule has 0 radical (unpaired) electrons. The van der Waals surface area contributed by atoms with Gasteiger partial charge < -0.3 is 23.5 Å². The van der Waals surface area contributed by atoms with Crippen LogP contribution < -0.4 is 14.2 Å². The maximum absolute atomic E-state index is 12.3. The molecule has 0 saturated carbocycles. The van der Waals surface area contributed by atoms with Crippen LogP contribution in [-0.2, 0) is 11.3 Å². The van der Waals surface area contributed by atoms with Crippen molar-refractivity contribution in [1.29, 1.82) is 0 Å². The Labute approximate surface area is 164 Å². The minimum absolute atomic E-state index is 0.0442. The number of carbonyl (C=O) groups is 1. The summed E-state index contributed by atoms with van der Waals surface area (Å²) in [5, 5.41) is 3.84. The van der Waals surface area contributed by atoms with Gasteiger partial charge in [-0.2, -0.15) is 13.8 Å². The number of hydrogen-bond acceptors (Lipinski definition) is 8. The summed E-state index contributed by atoms with van der Waals surface area (Å²) < 4.78 is 49.4. The van der Waals surface area contributed by atoms with Gasteiger partial charge in [-0.1, -0.05) is 11.2 Å². The number of benzene rings is 2. The molecule has 2 aromatic carbocycles. The number of halogens is 2. The van der Waals surface area contributed by atoms with Crippen molar-refractivity contribution in [3.63, 3.8) is 0 Å². The van der Waals surface area contributed by atoms with Crippen LogP contribution in [0.3, 0.4) is 0 Å². The first-order valence-corrected chi connectivity index (χ1v) is 8.27. The molecule has 0 aliphatic heterocycles. The second-order valence-electron chi connectivity index (χ2n) is 5.56. The molecule has 0 bridgehead atoms. The lowest BCUT2D eigenvalue weighted by molar-refractivity contribution is -0.0499. The van der Waals surface area contributed by atoms with E-state index < -0.39 is 12.6 Å². The van der Waals surface area contributed by atoms with Crippen LogP contribution in [0.1, 0.15) is 16.2 Å². The molecule has 1 heterocycles. The summed E-state index contributed by atoms with van der Waals surface area (Å²) in [4.78, 5) is 16.3. The standard InChI is InChI=1S/C19H16F2N2O6/c1-25-14-7-6-11(9-15(14)26-2)17-22-16(29-23-17)10-27-18(24)12-4-3-5-13(8-12)28-19(20)21/h3-9,19H,10H2,1-2H3. The van der Waals surface area contributed by atoms with Crippen LogP contribution in [0.2, 0.25) is 0 Å². The number of rotatable bonds is 8. The topological polar surface area (TPSA) is 92.9 Å². The smallest absolute Gasteiger partial charge is 0.387 e. The molecule has 0 aliphatic carbocycles. The molecule has 0 aliphatic rings. The zero-order valence-corrected chi connectivity index (χ0v) is 15.4. The van der Waals surface area contributed by atoms with Gasteiger partial charge in [-0.3, -0.25) is 0 Å². The van der Waals surface area contributed by atoms with E-state index in [1.807, 2.05) is 0 Å². The Morgan fingerprint density at radius 3 is 2.62 bits per heavy atom. The Morgan fingerprint density at radius 1 is 1.10 bits per heavy atom. The summed E-state index contributed by atoms with van der Waals surface area (Å²) in [7, 11) is 3.03. The van der Waals surface area contributed by atoms with E-state index in [1.54, 1.807) is 18.2 Å². The Balaban J connectivity index is 1.66. The maximum atomic E-state index is 12.3. The molecule has 0 N–H and O–H groups in total. The molecule has 0 spiro atoms. The lowest BCUT2D eigenvalue weighted by atomic mass is 10.2. The van der Waals surface area contributed by atoms with Gasteiger partial charge >= 0.3 is 12.6 Å². The number of hydrogen-bond donors (Lipinski definition) is 0. The predicted molar refractivity (Wildman–Crippen MR) is 95.0 cm³/mol. The first-order valence-electron chi connectivity index (χ1n) is 8.27. The molecule has 1 aromatic heterocycles. The highest BCUT2D eigenvalue weighted by Gasteiger charge is 2.15. The molecule has 10 heteroatoms. The van der Waals surface area contributed by atoms with E-state index >= 15 is 0 Å². The van der Waals surface area contributed by atoms with Crippen LogP contribution in [-0.4, -0.2) is 36.9 Å². The van der Waals surface area contributed by atoms with Crippen molar-refractivity contribution in [1.82, 2.24) is 10.1 Å². The molecule has 29 heavy (non-hydrogen) atoms. The van der Waals surface area contributed by atoms with Crippen molar-refractivity contribution in [3.8, 4) is 28.6 Å². The Hall–Kier alpha value is -3.69. The van der Waals surface area contributed by atoms with Gasteiger partial charge in [0.2, 0.25) is 5.82 Å². The Kier molecular flexibility index (Phi) is 6.22. The molecule has 3 rings (SSSR count). The lowest BCUT2D eigenvalue weighted by Gasteiger charge is -2.07. The summed E-state index contributed by atoms with van der Waals surface area (Å²) in [5.41, 5.74) is 0.656. The third-order valence-electron chi connectivity index (χ3n) is 3.73. The second kappa shape index (κ2) is 9.00. The van der Waals surface area contributed by atoms with E-state index in [2.05, 4.69) is 14.9 Å². The predicted octanol–water partition coefficient (Wildman–Crippen LogP) is 3.71. The first kappa shape index (κ1) is 20.1. The van der Waals surface area contributed by atoms with Crippen molar-refractivity contribution in [2.24, 2.45) is 0 Å². The number of ether oxygens (including phenoxy) is 4. The van der Waals surface area contributed by atoms with Crippen LogP contribution in [0.5, 0.6) is 17.2 Å². The third kappa shape index (κ3) is 4.98. The highest BCUT2D eigenvalue weighted by Crippen LogP contribution is 2.31. The Bertz CT molecular complexity index is 992. The van der Waals surface area contributed by atoms with Crippen LogP contribution >= 0.6 is 0 Å². The number of aromatic nitrogens is 2. The van der Waals surface area contributed by atoms with Crippen molar-refractivity contribution >= 4 is 5.97 Å². The fraction of sp³-hybridized carbons (Fsp3) is 0.211. The molecule has 0 unspecified atom stereocenters. The third-order valence-corrected chi connectivity index (χ3v) is 3.73. The van der Waals surface area contributed by atoms with Gasteiger partial charge in [0.05, 0.1) is 19.8 Å². The van der Waals surface area contributed by atoms with Gasteiger partial charge in [0.25, 0.3) is 5.89 Å². The van der Waals surface area contributed by atoms with E-state index in [-0.39, 0.29) is 29.6 Å². The van der Waals surface area contributed by atoms with Crippen molar-refractivity contribution in [2.45, 2.75) is 13.2 Å². The lowest BCUT2D eigenvalue weighted by Crippen LogP contribution is -2.07. The highest BCUT2D eigenvalue weighted by atomic mass is 19.3. The zero-order chi connectivity index (χ0) is 20.8. The number of carbonyl (C=O) groups excluding carboxylic acids is 1. The molecular formula is C19H16F2N2O6. The van der Waals surface area contributed by atoms with Crippen molar-refractivity contribution < 1.29 is 37.0 Å². The quantitative estimate of drug-likeness (QED) is 0.523. The average Bonchev–Trinajstić information content (AvgIpc) is 3.20. The second-order valence-corrected chi connectivity index (χ2v) is 5.56. The zero-order valence-electron chi connectivity index (χ0n) is 15.4. The molecule has 0 amide bonds. The van der Waals surface area contributed by atoms with Crippen molar-refractivity contribution in [3.05, 3.63) is 53.9 Å². The molecule has 0 fully saturated rings. The van der Waals surface area contributed by atoms with E-state index in [4.69, 9.17) is 18.7 Å². The van der Waals surface area contributed by atoms with E-state index in [0.29, 0.717) is 17.1 Å². The average molecular weight is 406 g/mol. The van der Waals surface area contributed by atoms with Gasteiger partial charge in [-0.05, 0) is 36.4 Å². The molecule has 8 nitrogen and oxygen atoms in total. The summed E-state index contributed by atoms with van der Waals surface area (Å²) in [6, 6.07) is 10.3. The number of esters is 1. The van der Waals surface area contributed by atoms with E-state index in [1.165, 1.54) is 32.4 Å². The first-order chi connectivity index (χ1) is 14.0. The van der Waals surface area contributed by atoms with Crippen LogP contribution in [0.25, 0.3) is 11.4 Å². The minimum Gasteiger partial charge on any atom is -0.493 e. The van der Waals surface area contributed by atoms with Gasteiger partial charge in [-0.25, -0.2) is 4.79 Å². The van der Waals surface area contributed by atoms with Crippen LogP contribution in [0.4, 0.5) is 8.78 Å². The maximum Gasteiger partial charge on any atom is 0.387 e. The molecule has 0 saturated heterocycles. The fourth-order valence-corrected chi connectivity index (χ4v) is 2.42. The number of nitrogens with zero attached hydrogens (tertiary/aromatic N) is 2. The van der Waals surface area contributed by atoms with Gasteiger partial charge in [0.1, 0.15) is 5.75 Å². The molecular weight excluding hydrogens is 390 g/mol. The normalized spacial score (nSPS) is 10.7. The SMILES string of the molecule is COc1ccc(-c2noc(COC(=O)c3cccc(OC(F)F)c3)n2)cc1OC. The summed E-state index contributed by atoms with van der Waals surface area (Å²) >= 11 is 0. The summed E-state index contributed by atoms with van der Waals surface area (Å²) in [5.74, 6) is 0.464. The highest BCUT2D eigenvalue weighted by molar-refractivity contribution is 5.89. The number of alkyl halides is 2. The monoisotopic (exact) mass is 406 g/mol. The number of methoxy groups -OCH3 is 2. The molecule has 0 atom stereocenters. The molecule has 3 aromatic rings. The van der Waals surface area contributed by atoms with E-state index in [0.717, 1.165) is 6.07 Å². The fourth-order valence-electron chi connectivity index (χ4n) is 2.42. The Morgan fingerprint density at radius 2 is 1.90 bits per heavy atom. The largest absolute Gasteiger partial charge is 0.493 e. The van der Waals surface area contributed by atoms with Crippen LogP contribution in [0.15, 0.2) is 47.0 Å². The van der Waals surface area contributed by atoms with E-state index in [9.17, 15) is 13.6 Å². The molecule has 152 valence electrons. The van der Waals surface area contributed by atoms with Gasteiger partial charge in [0.15, 0.2) is 18.1 Å². The van der Waals surface area contributed by atoms with Crippen LogP contribution in [0, 0.1) is 0 Å². The van der Waals surface area contributed by atoms with Crippen molar-refractivity contribution in [2.75, 3.05) is 14.2 Å². The summed E-state index contributed by atoms with van der Waals surface area (Å²) in [6.07, 6.45) is 0. The minimum atomic E-state index is -2.99. The summed E-state index contributed by atoms with van der Waals surface area (Å²) in [6.45, 7) is -3.28.